The van der Waals surface area contributed by atoms with Gasteiger partial charge in [0, 0.05) is 0 Å². The lowest BCUT2D eigenvalue weighted by Crippen LogP contribution is -2.20. The summed E-state index contributed by atoms with van der Waals surface area (Å²) in [7, 11) is 0. The van der Waals surface area contributed by atoms with E-state index in [2.05, 4.69) is 0 Å². The summed E-state index contributed by atoms with van der Waals surface area (Å²) in [6.07, 6.45) is 5.68. The van der Waals surface area contributed by atoms with Gasteiger partial charge in [-0.05, 0) is 43.5 Å². The fourth-order valence-corrected chi connectivity index (χ4v) is 2.69. The Kier molecular flexibility index (Phi) is 5.52. The van der Waals surface area contributed by atoms with Gasteiger partial charge in [-0.15, -0.1) is 0 Å². The smallest absolute Gasteiger partial charge is 0.119 e. The van der Waals surface area contributed by atoms with Gasteiger partial charge in [0.1, 0.15) is 18.1 Å². The first-order valence-electron chi connectivity index (χ1n) is 7.31. The fraction of sp³-hybridized carbons (Fsp3) is 0.625. The molecule has 1 fully saturated rings. The van der Waals surface area contributed by atoms with Crippen LogP contribution in [-0.2, 0) is 0 Å². The monoisotopic (exact) mass is 264 g/mol. The Morgan fingerprint density at radius 3 is 2.26 bits per heavy atom. The van der Waals surface area contributed by atoms with Gasteiger partial charge in [0.05, 0.1) is 12.7 Å². The van der Waals surface area contributed by atoms with Crippen molar-refractivity contribution < 1.29 is 14.6 Å². The zero-order chi connectivity index (χ0) is 13.5. The highest BCUT2D eigenvalue weighted by Gasteiger charge is 2.19. The molecule has 3 heteroatoms. The summed E-state index contributed by atoms with van der Waals surface area (Å²) in [5, 5.41) is 9.96. The van der Waals surface area contributed by atoms with Crippen LogP contribution in [0, 0.1) is 5.92 Å². The molecule has 2 rings (SSSR count). The van der Waals surface area contributed by atoms with Crippen molar-refractivity contribution in [3.63, 3.8) is 0 Å². The van der Waals surface area contributed by atoms with Crippen LogP contribution in [0.5, 0.6) is 11.5 Å². The van der Waals surface area contributed by atoms with Gasteiger partial charge in [-0.25, -0.2) is 0 Å². The van der Waals surface area contributed by atoms with Crippen LogP contribution >= 0.6 is 0 Å². The molecule has 0 heterocycles. The molecule has 1 aliphatic rings. The van der Waals surface area contributed by atoms with Gasteiger partial charge < -0.3 is 14.6 Å². The van der Waals surface area contributed by atoms with E-state index in [9.17, 15) is 5.11 Å². The molecule has 1 atom stereocenters. The Morgan fingerprint density at radius 2 is 1.68 bits per heavy atom. The maximum absolute atomic E-state index is 9.96. The van der Waals surface area contributed by atoms with Crippen molar-refractivity contribution in [3.05, 3.63) is 24.3 Å². The Balaban J connectivity index is 1.71. The first-order valence-corrected chi connectivity index (χ1v) is 7.31. The predicted molar refractivity (Wildman–Crippen MR) is 75.7 cm³/mol. The van der Waals surface area contributed by atoms with Crippen LogP contribution in [0.1, 0.15) is 39.0 Å². The van der Waals surface area contributed by atoms with E-state index in [1.807, 2.05) is 31.2 Å². The van der Waals surface area contributed by atoms with E-state index >= 15 is 0 Å². The number of aliphatic hydroxyl groups is 1. The Morgan fingerprint density at radius 1 is 1.11 bits per heavy atom. The van der Waals surface area contributed by atoms with E-state index in [4.69, 9.17) is 9.47 Å². The van der Waals surface area contributed by atoms with Crippen LogP contribution in [0.25, 0.3) is 0 Å². The van der Waals surface area contributed by atoms with Gasteiger partial charge in [-0.2, -0.15) is 0 Å². The van der Waals surface area contributed by atoms with E-state index < -0.39 is 0 Å². The zero-order valence-electron chi connectivity index (χ0n) is 11.7. The minimum absolute atomic E-state index is 0.352. The highest BCUT2D eigenvalue weighted by atomic mass is 16.5. The molecular weight excluding hydrogens is 240 g/mol. The van der Waals surface area contributed by atoms with Crippen molar-refractivity contribution in [2.24, 2.45) is 5.92 Å². The molecule has 1 saturated carbocycles. The van der Waals surface area contributed by atoms with E-state index in [1.54, 1.807) is 0 Å². The molecule has 1 aromatic rings. The summed E-state index contributed by atoms with van der Waals surface area (Å²) in [5.41, 5.74) is 0. The van der Waals surface area contributed by atoms with Crippen LogP contribution in [0.3, 0.4) is 0 Å². The average molecular weight is 264 g/mol. The molecule has 106 valence electrons. The number of ether oxygens (including phenoxy) is 2. The largest absolute Gasteiger partial charge is 0.494 e. The molecule has 0 spiro atoms. The van der Waals surface area contributed by atoms with Gasteiger partial charge in [-0.3, -0.25) is 0 Å². The minimum Gasteiger partial charge on any atom is -0.494 e. The molecule has 0 saturated heterocycles. The lowest BCUT2D eigenvalue weighted by molar-refractivity contribution is 0.0855. The van der Waals surface area contributed by atoms with Crippen LogP contribution < -0.4 is 9.47 Å². The first-order chi connectivity index (χ1) is 9.28. The van der Waals surface area contributed by atoms with Crippen molar-refractivity contribution in [1.82, 2.24) is 0 Å². The maximum atomic E-state index is 9.96. The molecule has 0 aromatic heterocycles. The molecule has 0 aliphatic heterocycles. The van der Waals surface area contributed by atoms with Crippen molar-refractivity contribution >= 4 is 0 Å². The summed E-state index contributed by atoms with van der Waals surface area (Å²) < 4.78 is 11.0. The molecule has 3 nitrogen and oxygen atoms in total. The van der Waals surface area contributed by atoms with Gasteiger partial charge in [0.25, 0.3) is 0 Å². The molecular formula is C16H24O3. The Hall–Kier alpha value is -1.22. The van der Waals surface area contributed by atoms with Crippen LogP contribution in [0.15, 0.2) is 24.3 Å². The molecule has 0 bridgehead atoms. The molecule has 0 radical (unpaired) electrons. The fourth-order valence-electron chi connectivity index (χ4n) is 2.69. The highest BCUT2D eigenvalue weighted by Crippen LogP contribution is 2.28. The molecule has 1 N–H and O–H groups in total. The predicted octanol–water partition coefficient (Wildman–Crippen LogP) is 3.41. The second-order valence-electron chi connectivity index (χ2n) is 5.26. The third-order valence-electron chi connectivity index (χ3n) is 3.66. The van der Waals surface area contributed by atoms with Gasteiger partial charge in [-0.1, -0.05) is 25.7 Å². The van der Waals surface area contributed by atoms with Gasteiger partial charge in [0.15, 0.2) is 0 Å². The minimum atomic E-state index is -0.352. The number of hydrogen-bond acceptors (Lipinski definition) is 3. The average Bonchev–Trinajstić information content (AvgIpc) is 2.91. The standard InChI is InChI=1S/C16H24O3/c1-2-18-15-7-9-16(10-8-15)19-12-14(17)11-13-5-3-4-6-13/h7-10,13-14,17H,2-6,11-12H2,1H3. The van der Waals surface area contributed by atoms with Gasteiger partial charge in [0.2, 0.25) is 0 Å². The third kappa shape index (κ3) is 4.75. The van der Waals surface area contributed by atoms with E-state index in [1.165, 1.54) is 25.7 Å². The van der Waals surface area contributed by atoms with Crippen LogP contribution in [0.4, 0.5) is 0 Å². The molecule has 1 unspecified atom stereocenters. The summed E-state index contributed by atoms with van der Waals surface area (Å²) in [6, 6.07) is 7.55. The number of aliphatic hydroxyl groups excluding tert-OH is 1. The lowest BCUT2D eigenvalue weighted by Gasteiger charge is -2.16. The van der Waals surface area contributed by atoms with Crippen molar-refractivity contribution in [2.75, 3.05) is 13.2 Å². The van der Waals surface area contributed by atoms with Gasteiger partial charge >= 0.3 is 0 Å². The summed E-state index contributed by atoms with van der Waals surface area (Å²) in [4.78, 5) is 0. The van der Waals surface area contributed by atoms with Crippen LogP contribution in [0.2, 0.25) is 0 Å². The molecule has 1 aliphatic carbocycles. The normalized spacial score (nSPS) is 17.4. The topological polar surface area (TPSA) is 38.7 Å². The summed E-state index contributed by atoms with van der Waals surface area (Å²) >= 11 is 0. The Labute approximate surface area is 115 Å². The summed E-state index contributed by atoms with van der Waals surface area (Å²) in [6.45, 7) is 3.01. The number of rotatable bonds is 7. The Bertz CT molecular complexity index is 355. The second-order valence-corrected chi connectivity index (χ2v) is 5.26. The van der Waals surface area contributed by atoms with E-state index in [0.29, 0.717) is 19.1 Å². The summed E-state index contributed by atoms with van der Waals surface area (Å²) in [5.74, 6) is 2.33. The van der Waals surface area contributed by atoms with Crippen molar-refractivity contribution in [3.8, 4) is 11.5 Å². The SMILES string of the molecule is CCOc1ccc(OCC(O)CC2CCCC2)cc1. The first kappa shape index (κ1) is 14.2. The number of hydrogen-bond donors (Lipinski definition) is 1. The van der Waals surface area contributed by atoms with Crippen molar-refractivity contribution in [1.29, 1.82) is 0 Å². The zero-order valence-corrected chi connectivity index (χ0v) is 11.7. The molecule has 19 heavy (non-hydrogen) atoms. The molecule has 0 amide bonds. The maximum Gasteiger partial charge on any atom is 0.119 e. The second kappa shape index (κ2) is 7.39. The third-order valence-corrected chi connectivity index (χ3v) is 3.66. The molecule has 1 aromatic carbocycles. The lowest BCUT2D eigenvalue weighted by atomic mass is 10.0. The van der Waals surface area contributed by atoms with E-state index in [-0.39, 0.29) is 6.10 Å². The number of benzene rings is 1. The quantitative estimate of drug-likeness (QED) is 0.820. The van der Waals surface area contributed by atoms with Crippen LogP contribution in [-0.4, -0.2) is 24.4 Å². The highest BCUT2D eigenvalue weighted by molar-refractivity contribution is 5.31. The van der Waals surface area contributed by atoms with Crippen molar-refractivity contribution in [2.45, 2.75) is 45.1 Å². The van der Waals surface area contributed by atoms with E-state index in [0.717, 1.165) is 17.9 Å².